The summed E-state index contributed by atoms with van der Waals surface area (Å²) in [4.78, 5) is 0. The molecule has 1 heterocycles. The number of ether oxygens (including phenoxy) is 1. The van der Waals surface area contributed by atoms with Crippen LogP contribution in [-0.2, 0) is 4.74 Å². The summed E-state index contributed by atoms with van der Waals surface area (Å²) < 4.78 is 5.34. The maximum Gasteiger partial charge on any atom is 0.0507 e. The lowest BCUT2D eigenvalue weighted by Gasteiger charge is -2.27. The molecule has 0 amide bonds. The smallest absolute Gasteiger partial charge is 0.0507 e. The number of rotatable bonds is 5. The van der Waals surface area contributed by atoms with Crippen LogP contribution in [0.4, 0.5) is 0 Å². The first-order chi connectivity index (χ1) is 6.14. The van der Waals surface area contributed by atoms with Gasteiger partial charge >= 0.3 is 0 Å². The Hall–Kier alpha value is -0.0800. The molecule has 1 aliphatic rings. The van der Waals surface area contributed by atoms with Gasteiger partial charge in [0, 0.05) is 18.7 Å². The van der Waals surface area contributed by atoms with E-state index in [-0.39, 0.29) is 0 Å². The summed E-state index contributed by atoms with van der Waals surface area (Å²) in [7, 11) is 0. The third-order valence-corrected chi connectivity index (χ3v) is 2.77. The predicted octanol–water partition coefficient (Wildman–Crippen LogP) is 2.19. The summed E-state index contributed by atoms with van der Waals surface area (Å²) in [6.45, 7) is 9.84. The van der Waals surface area contributed by atoms with Crippen LogP contribution in [0, 0.1) is 5.92 Å². The maximum absolute atomic E-state index is 5.34. The highest BCUT2D eigenvalue weighted by Gasteiger charge is 2.20. The lowest BCUT2D eigenvalue weighted by atomic mass is 9.97. The molecule has 2 heteroatoms. The van der Waals surface area contributed by atoms with E-state index in [0.717, 1.165) is 25.7 Å². The first kappa shape index (κ1) is 11.0. The second-order valence-electron chi connectivity index (χ2n) is 4.74. The molecule has 1 atom stereocenters. The molecule has 0 aromatic carbocycles. The second kappa shape index (κ2) is 4.97. The first-order valence-corrected chi connectivity index (χ1v) is 5.47. The second-order valence-corrected chi connectivity index (χ2v) is 4.74. The Morgan fingerprint density at radius 3 is 2.77 bits per heavy atom. The van der Waals surface area contributed by atoms with E-state index < -0.39 is 0 Å². The minimum atomic E-state index is 0.303. The quantitative estimate of drug-likeness (QED) is 0.709. The summed E-state index contributed by atoms with van der Waals surface area (Å²) in [5.41, 5.74) is 0.303. The van der Waals surface area contributed by atoms with E-state index in [1.165, 1.54) is 19.3 Å². The van der Waals surface area contributed by atoms with Gasteiger partial charge in [0.1, 0.15) is 0 Å². The SMILES string of the molecule is CCCC(C)(C)NCC1CCOC1. The van der Waals surface area contributed by atoms with Crippen LogP contribution in [0.1, 0.15) is 40.0 Å². The Balaban J connectivity index is 2.15. The Kier molecular flexibility index (Phi) is 4.20. The van der Waals surface area contributed by atoms with Gasteiger partial charge in [-0.15, -0.1) is 0 Å². The minimum Gasteiger partial charge on any atom is -0.381 e. The Bertz CT molecular complexity index is 139. The van der Waals surface area contributed by atoms with Gasteiger partial charge in [-0.05, 0) is 32.6 Å². The fourth-order valence-electron chi connectivity index (χ4n) is 1.88. The molecular formula is C11H23NO. The summed E-state index contributed by atoms with van der Waals surface area (Å²) in [5, 5.41) is 3.62. The van der Waals surface area contributed by atoms with Crippen molar-refractivity contribution in [3.63, 3.8) is 0 Å². The number of hydrogen-bond donors (Lipinski definition) is 1. The Labute approximate surface area is 82.0 Å². The summed E-state index contributed by atoms with van der Waals surface area (Å²) in [6, 6.07) is 0. The molecule has 0 aromatic rings. The Morgan fingerprint density at radius 2 is 2.23 bits per heavy atom. The normalized spacial score (nSPS) is 23.8. The molecule has 1 aliphatic heterocycles. The van der Waals surface area contributed by atoms with E-state index >= 15 is 0 Å². The van der Waals surface area contributed by atoms with E-state index in [9.17, 15) is 0 Å². The van der Waals surface area contributed by atoms with Gasteiger partial charge in [0.25, 0.3) is 0 Å². The molecule has 13 heavy (non-hydrogen) atoms. The van der Waals surface area contributed by atoms with Gasteiger partial charge in [0.05, 0.1) is 6.61 Å². The van der Waals surface area contributed by atoms with Crippen molar-refractivity contribution in [2.45, 2.75) is 45.6 Å². The topological polar surface area (TPSA) is 21.3 Å². The fraction of sp³-hybridized carbons (Fsp3) is 1.00. The minimum absolute atomic E-state index is 0.303. The average molecular weight is 185 g/mol. The molecule has 0 saturated carbocycles. The van der Waals surface area contributed by atoms with E-state index in [4.69, 9.17) is 4.74 Å². The first-order valence-electron chi connectivity index (χ1n) is 5.47. The predicted molar refractivity (Wildman–Crippen MR) is 55.9 cm³/mol. The van der Waals surface area contributed by atoms with Crippen LogP contribution in [0.15, 0.2) is 0 Å². The van der Waals surface area contributed by atoms with Crippen molar-refractivity contribution < 1.29 is 4.74 Å². The van der Waals surface area contributed by atoms with Crippen LogP contribution >= 0.6 is 0 Å². The molecule has 1 unspecified atom stereocenters. The Morgan fingerprint density at radius 1 is 1.46 bits per heavy atom. The summed E-state index contributed by atoms with van der Waals surface area (Å²) >= 11 is 0. The molecule has 0 aromatic heterocycles. The van der Waals surface area contributed by atoms with Gasteiger partial charge in [-0.3, -0.25) is 0 Å². The van der Waals surface area contributed by atoms with Crippen LogP contribution in [-0.4, -0.2) is 25.3 Å². The van der Waals surface area contributed by atoms with Gasteiger partial charge in [0.2, 0.25) is 0 Å². The molecule has 0 aliphatic carbocycles. The molecule has 0 spiro atoms. The van der Waals surface area contributed by atoms with E-state index in [1.807, 2.05) is 0 Å². The monoisotopic (exact) mass is 185 g/mol. The van der Waals surface area contributed by atoms with Crippen molar-refractivity contribution in [2.24, 2.45) is 5.92 Å². The van der Waals surface area contributed by atoms with Crippen LogP contribution in [0.5, 0.6) is 0 Å². The third-order valence-electron chi connectivity index (χ3n) is 2.77. The standard InChI is InChI=1S/C11H23NO/c1-4-6-11(2,3)12-8-10-5-7-13-9-10/h10,12H,4-9H2,1-3H3. The van der Waals surface area contributed by atoms with Crippen LogP contribution in [0.25, 0.3) is 0 Å². The average Bonchev–Trinajstić information content (AvgIpc) is 2.52. The van der Waals surface area contributed by atoms with E-state index in [2.05, 4.69) is 26.1 Å². The molecule has 1 rings (SSSR count). The summed E-state index contributed by atoms with van der Waals surface area (Å²) in [6.07, 6.45) is 3.73. The van der Waals surface area contributed by atoms with Crippen LogP contribution < -0.4 is 5.32 Å². The van der Waals surface area contributed by atoms with Crippen molar-refractivity contribution in [3.8, 4) is 0 Å². The van der Waals surface area contributed by atoms with Gasteiger partial charge in [0.15, 0.2) is 0 Å². The van der Waals surface area contributed by atoms with Crippen LogP contribution in [0.2, 0.25) is 0 Å². The highest BCUT2D eigenvalue weighted by molar-refractivity contribution is 4.79. The molecule has 1 N–H and O–H groups in total. The highest BCUT2D eigenvalue weighted by atomic mass is 16.5. The molecule has 0 radical (unpaired) electrons. The lowest BCUT2D eigenvalue weighted by molar-refractivity contribution is 0.182. The van der Waals surface area contributed by atoms with Crippen molar-refractivity contribution >= 4 is 0 Å². The fourth-order valence-corrected chi connectivity index (χ4v) is 1.88. The molecule has 78 valence electrons. The van der Waals surface area contributed by atoms with E-state index in [0.29, 0.717) is 5.54 Å². The van der Waals surface area contributed by atoms with Gasteiger partial charge in [-0.2, -0.15) is 0 Å². The van der Waals surface area contributed by atoms with Gasteiger partial charge < -0.3 is 10.1 Å². The highest BCUT2D eigenvalue weighted by Crippen LogP contribution is 2.15. The zero-order valence-corrected chi connectivity index (χ0v) is 9.23. The van der Waals surface area contributed by atoms with Crippen molar-refractivity contribution in [3.05, 3.63) is 0 Å². The maximum atomic E-state index is 5.34. The third kappa shape index (κ3) is 4.10. The molecular weight excluding hydrogens is 162 g/mol. The molecule has 0 bridgehead atoms. The number of nitrogens with one attached hydrogen (secondary N) is 1. The molecule has 1 fully saturated rings. The molecule has 1 saturated heterocycles. The number of hydrogen-bond acceptors (Lipinski definition) is 2. The van der Waals surface area contributed by atoms with E-state index in [1.54, 1.807) is 0 Å². The van der Waals surface area contributed by atoms with Crippen molar-refractivity contribution in [1.82, 2.24) is 5.32 Å². The van der Waals surface area contributed by atoms with Crippen LogP contribution in [0.3, 0.4) is 0 Å². The van der Waals surface area contributed by atoms with Crippen molar-refractivity contribution in [1.29, 1.82) is 0 Å². The summed E-state index contributed by atoms with van der Waals surface area (Å²) in [5.74, 6) is 0.746. The van der Waals surface area contributed by atoms with Crippen molar-refractivity contribution in [2.75, 3.05) is 19.8 Å². The van der Waals surface area contributed by atoms with Gasteiger partial charge in [-0.1, -0.05) is 13.3 Å². The zero-order valence-electron chi connectivity index (χ0n) is 9.23. The zero-order chi connectivity index (χ0) is 9.73. The van der Waals surface area contributed by atoms with Gasteiger partial charge in [-0.25, -0.2) is 0 Å². The largest absolute Gasteiger partial charge is 0.381 e. The lowest BCUT2D eigenvalue weighted by Crippen LogP contribution is -2.41. The molecule has 2 nitrogen and oxygen atoms in total.